The number of hydrogen-bond acceptors (Lipinski definition) is 15. The van der Waals surface area contributed by atoms with Gasteiger partial charge in [0.1, 0.15) is 11.8 Å². The number of nitrogens with zero attached hydrogens (tertiary/aromatic N) is 3. The summed E-state index contributed by atoms with van der Waals surface area (Å²) in [5.74, 6) is -2.98. The van der Waals surface area contributed by atoms with Crippen molar-refractivity contribution >= 4 is 47.3 Å². The molecule has 516 valence electrons. The highest BCUT2D eigenvalue weighted by molar-refractivity contribution is 5.87. The predicted octanol–water partition coefficient (Wildman–Crippen LogP) is 9.12. The van der Waals surface area contributed by atoms with Gasteiger partial charge in [-0.3, -0.25) is 33.6 Å². The fourth-order valence-electron chi connectivity index (χ4n) is 12.5. The van der Waals surface area contributed by atoms with Gasteiger partial charge in [-0.1, -0.05) is 157 Å². The summed E-state index contributed by atoms with van der Waals surface area (Å²) in [6, 6.07) is 17.7. The first kappa shape index (κ1) is 81.3. The van der Waals surface area contributed by atoms with Crippen LogP contribution in [0.25, 0.3) is 0 Å². The third-order valence-corrected chi connectivity index (χ3v) is 19.3. The van der Waals surface area contributed by atoms with Gasteiger partial charge in [0.25, 0.3) is 0 Å². The second-order valence-electron chi connectivity index (χ2n) is 25.9. The van der Waals surface area contributed by atoms with Crippen molar-refractivity contribution in [1.82, 2.24) is 25.3 Å². The number of hydrogen-bond donors (Lipinski definition) is 3. The summed E-state index contributed by atoms with van der Waals surface area (Å²) < 4.78 is 32.7. The molecule has 20 nitrogen and oxygen atoms in total. The van der Waals surface area contributed by atoms with Gasteiger partial charge in [0, 0.05) is 85.7 Å². The number of methoxy groups -OCH3 is 6. The quantitative estimate of drug-likeness (QED) is 0.0545. The van der Waals surface area contributed by atoms with Gasteiger partial charge in [0.15, 0.2) is 0 Å². The van der Waals surface area contributed by atoms with Gasteiger partial charge in [-0.15, -0.1) is 0 Å². The van der Waals surface area contributed by atoms with E-state index in [4.69, 9.17) is 33.5 Å². The molecular weight excluding hydrogens is 1160 g/mol. The number of nitrogens with one attached hydrogen (secondary N) is 2. The maximum Gasteiger partial charge on any atom is 0.328 e. The molecule has 2 aromatic rings. The summed E-state index contributed by atoms with van der Waals surface area (Å²) in [7, 11) is 12.5. The molecule has 0 aromatic heterocycles. The molecule has 0 unspecified atom stereocenters. The standard InChI is InChI=1S/C35H57N3O7.C20H29NO4.C16H31NO4/c1-11-23(4)31(37(7)34(41)24(5)22(2)3)29(43-8)21-30(39)38-19-15-18-28(38)32(44-9)25(6)33(40)36-27(35(42)45-10)20-26-16-13-12-14-17-26;1-14(19(24-2)17-10-7-11-21-17)18(22)13-16(20(23)25-3)12-15-8-5-4-6-9-15;1-8-11(4)15(13(21-7)9-14(18)19)17(6)16(20)12(5)10(2)3/h12-14,16-17,22-25,27-29,31-32H,11,15,18-21H2,1-10H3,(H,36,40);4-6,8-9,14,16-17,19,21H,7,10-13H2,1-3H3;10-13,15H,8-9H2,1-7H3,(H,18,19)/t23-,24-,25+,27-,28-,29+,31-,32+;14-,16+,17-,19+;11-,12-,13+,15-/m000/s1. The normalized spacial score (nSPS) is 19.3. The smallest absolute Gasteiger partial charge is 0.328 e. The number of carbonyl (C=O) groups is 8. The molecule has 2 saturated heterocycles. The topological polar surface area (TPSA) is 246 Å². The van der Waals surface area contributed by atoms with Gasteiger partial charge in [0.05, 0.1) is 81.4 Å². The highest BCUT2D eigenvalue weighted by Crippen LogP contribution is 2.31. The van der Waals surface area contributed by atoms with Crippen LogP contribution < -0.4 is 10.6 Å². The van der Waals surface area contributed by atoms with Crippen molar-refractivity contribution < 1.29 is 71.9 Å². The zero-order chi connectivity index (χ0) is 68.8. The van der Waals surface area contributed by atoms with E-state index < -0.39 is 48.1 Å². The average molecular weight is 1280 g/mol. The molecule has 4 amide bonds. The van der Waals surface area contributed by atoms with E-state index in [-0.39, 0.29) is 126 Å². The number of aliphatic carboxylic acids is 1. The Morgan fingerprint density at radius 3 is 1.46 bits per heavy atom. The number of likely N-dealkylation sites (N-methyl/N-ethyl adjacent to an activating group) is 2. The Balaban J connectivity index is 0.000000515. The second kappa shape index (κ2) is 41.7. The SMILES string of the molecule is CC[C@H](C)[C@@H]([C@@H](CC(=O)N1CCC[C@H]1[C@H](OC)[C@@H](C)C(=O)N[C@@H](Cc1ccccc1)C(=O)OC)OC)N(C)C(=O)[C@@H](C)C(C)C.CC[C@H](C)[C@@H]([C@@H](CC(=O)O)OC)N(C)C(=O)[C@@H](C)C(C)C.COC(=O)[C@@H](CC(=O)[C@H](C)[C@@H](OC)[C@@H]1CCCN1)Cc1ccccc1. The third kappa shape index (κ3) is 24.9. The molecule has 0 spiro atoms. The van der Waals surface area contributed by atoms with Crippen molar-refractivity contribution in [3.63, 3.8) is 0 Å². The summed E-state index contributed by atoms with van der Waals surface area (Å²) >= 11 is 0. The van der Waals surface area contributed by atoms with Crippen LogP contribution in [0, 0.1) is 53.3 Å². The van der Waals surface area contributed by atoms with Gasteiger partial charge < -0.3 is 58.9 Å². The summed E-state index contributed by atoms with van der Waals surface area (Å²) in [6.07, 6.45) is 4.50. The Kier molecular flexibility index (Phi) is 37.3. The lowest BCUT2D eigenvalue weighted by molar-refractivity contribution is -0.149. The Labute approximate surface area is 545 Å². The van der Waals surface area contributed by atoms with Crippen LogP contribution in [-0.4, -0.2) is 192 Å². The van der Waals surface area contributed by atoms with E-state index in [0.717, 1.165) is 49.8 Å². The van der Waals surface area contributed by atoms with Crippen molar-refractivity contribution in [2.45, 2.75) is 208 Å². The number of ketones is 1. The lowest BCUT2D eigenvalue weighted by Gasteiger charge is -2.40. The van der Waals surface area contributed by atoms with Crippen LogP contribution in [0.4, 0.5) is 0 Å². The minimum Gasteiger partial charge on any atom is -0.481 e. The largest absolute Gasteiger partial charge is 0.481 e. The van der Waals surface area contributed by atoms with Gasteiger partial charge in [0.2, 0.25) is 23.6 Å². The monoisotopic (exact) mass is 1280 g/mol. The van der Waals surface area contributed by atoms with Crippen molar-refractivity contribution in [1.29, 1.82) is 0 Å². The lowest BCUT2D eigenvalue weighted by Crippen LogP contribution is -2.54. The first-order chi connectivity index (χ1) is 43.0. The van der Waals surface area contributed by atoms with Gasteiger partial charge in [-0.05, 0) is 73.4 Å². The minimum absolute atomic E-state index is 0.0423. The van der Waals surface area contributed by atoms with Crippen molar-refractivity contribution in [3.8, 4) is 0 Å². The number of Topliss-reactive ketones (excluding diaryl/α,β-unsaturated/α-hetero) is 1. The van der Waals surface area contributed by atoms with Crippen LogP contribution in [0.5, 0.6) is 0 Å². The number of esters is 2. The molecule has 2 aromatic carbocycles. The van der Waals surface area contributed by atoms with Crippen LogP contribution >= 0.6 is 0 Å². The fraction of sp³-hybridized carbons (Fsp3) is 0.718. The summed E-state index contributed by atoms with van der Waals surface area (Å²) in [5, 5.41) is 15.3. The van der Waals surface area contributed by atoms with Gasteiger partial charge in [-0.2, -0.15) is 0 Å². The molecule has 2 heterocycles. The molecule has 2 aliphatic rings. The Hall–Kier alpha value is -5.80. The van der Waals surface area contributed by atoms with E-state index in [0.29, 0.717) is 25.8 Å². The molecule has 91 heavy (non-hydrogen) atoms. The average Bonchev–Trinajstić information content (AvgIpc) is 2.81. The molecular formula is C71H117N5O15. The molecule has 0 saturated carbocycles. The number of likely N-dealkylation sites (tertiary alicyclic amines) is 1. The van der Waals surface area contributed by atoms with E-state index in [9.17, 15) is 38.4 Å². The summed E-state index contributed by atoms with van der Waals surface area (Å²) in [6.45, 7) is 25.3. The zero-order valence-corrected chi connectivity index (χ0v) is 58.9. The maximum absolute atomic E-state index is 13.9. The Morgan fingerprint density at radius 1 is 0.582 bits per heavy atom. The van der Waals surface area contributed by atoms with E-state index >= 15 is 0 Å². The lowest BCUT2D eigenvalue weighted by atomic mass is 9.86. The van der Waals surface area contributed by atoms with E-state index in [1.54, 1.807) is 50.0 Å². The molecule has 0 bridgehead atoms. The first-order valence-electron chi connectivity index (χ1n) is 33.0. The highest BCUT2D eigenvalue weighted by Gasteiger charge is 2.44. The predicted molar refractivity (Wildman–Crippen MR) is 354 cm³/mol. The van der Waals surface area contributed by atoms with E-state index in [2.05, 4.69) is 24.5 Å². The number of carboxylic acids is 1. The number of carboxylic acid groups (broad SMARTS) is 1. The zero-order valence-electron chi connectivity index (χ0n) is 58.9. The number of benzene rings is 2. The van der Waals surface area contributed by atoms with Crippen LogP contribution in [0.3, 0.4) is 0 Å². The Morgan fingerprint density at radius 2 is 1.05 bits per heavy atom. The van der Waals surface area contributed by atoms with E-state index in [1.165, 1.54) is 21.3 Å². The number of rotatable bonds is 35. The number of ether oxygens (including phenoxy) is 6. The molecule has 16 atom stereocenters. The van der Waals surface area contributed by atoms with Crippen molar-refractivity contribution in [3.05, 3.63) is 71.8 Å². The van der Waals surface area contributed by atoms with Crippen LogP contribution in [0.15, 0.2) is 60.7 Å². The van der Waals surface area contributed by atoms with Gasteiger partial charge >= 0.3 is 17.9 Å². The number of carbonyl (C=O) groups excluding carboxylic acids is 7. The number of amides is 4. The van der Waals surface area contributed by atoms with Crippen LogP contribution in [0.2, 0.25) is 0 Å². The maximum atomic E-state index is 13.9. The molecule has 2 aliphatic heterocycles. The molecule has 4 rings (SSSR count). The van der Waals surface area contributed by atoms with Crippen molar-refractivity contribution in [2.24, 2.45) is 53.3 Å². The third-order valence-electron chi connectivity index (χ3n) is 19.3. The Bertz CT molecular complexity index is 2500. The molecule has 2 fully saturated rings. The summed E-state index contributed by atoms with van der Waals surface area (Å²) in [4.78, 5) is 107. The van der Waals surface area contributed by atoms with Gasteiger partial charge in [-0.25, -0.2) is 4.79 Å². The molecule has 0 aliphatic carbocycles. The molecule has 0 radical (unpaired) electrons. The van der Waals surface area contributed by atoms with E-state index in [1.807, 2.05) is 130 Å². The summed E-state index contributed by atoms with van der Waals surface area (Å²) in [5.41, 5.74) is 1.92. The van der Waals surface area contributed by atoms with Crippen molar-refractivity contribution in [2.75, 3.05) is 69.8 Å². The first-order valence-corrected chi connectivity index (χ1v) is 33.0. The molecule has 3 N–H and O–H groups in total. The van der Waals surface area contributed by atoms with Crippen LogP contribution in [0.1, 0.15) is 152 Å². The fourth-order valence-corrected chi connectivity index (χ4v) is 12.5. The molecule has 20 heteroatoms. The second-order valence-corrected chi connectivity index (χ2v) is 25.9. The van der Waals surface area contributed by atoms with Crippen LogP contribution in [-0.2, 0) is 79.6 Å². The minimum atomic E-state index is -0.909. The highest BCUT2D eigenvalue weighted by atomic mass is 16.5.